The molecule has 0 spiro atoms. The summed E-state index contributed by atoms with van der Waals surface area (Å²) in [5.74, 6) is -8.35. The summed E-state index contributed by atoms with van der Waals surface area (Å²) in [6.07, 6.45) is 1.52. The van der Waals surface area contributed by atoms with Gasteiger partial charge in [0.25, 0.3) is 0 Å². The van der Waals surface area contributed by atoms with Gasteiger partial charge in [-0.2, -0.15) is 0 Å². The number of hydrogen-bond donors (Lipinski definition) is 12. The van der Waals surface area contributed by atoms with Gasteiger partial charge in [0.15, 0.2) is 0 Å². The molecule has 5 atom stereocenters. The lowest BCUT2D eigenvalue weighted by molar-refractivity contribution is -0.142. The van der Waals surface area contributed by atoms with Crippen LogP contribution in [-0.2, 0) is 56.0 Å². The van der Waals surface area contributed by atoms with Gasteiger partial charge in [-0.05, 0) is 29.0 Å². The maximum atomic E-state index is 13.6. The van der Waals surface area contributed by atoms with E-state index in [1.807, 2.05) is 0 Å². The first-order valence-corrected chi connectivity index (χ1v) is 19.9. The lowest BCUT2D eigenvalue weighted by Crippen LogP contribution is -2.58. The molecular formula is C41H56N10O11. The van der Waals surface area contributed by atoms with Crippen LogP contribution >= 0.6 is 0 Å². The number of hydrogen-bond acceptors (Lipinski definition) is 11. The quantitative estimate of drug-likeness (QED) is 0.0431. The molecule has 0 radical (unpaired) electrons. The van der Waals surface area contributed by atoms with Crippen LogP contribution in [0.1, 0.15) is 38.8 Å². The monoisotopic (exact) mass is 864 g/mol. The number of aliphatic hydroxyl groups is 1. The molecule has 0 bridgehead atoms. The maximum Gasteiger partial charge on any atom is 0.326 e. The number of aromatic nitrogens is 1. The van der Waals surface area contributed by atoms with Crippen LogP contribution in [0.15, 0.2) is 60.8 Å². The Balaban J connectivity index is 1.63. The average Bonchev–Trinajstić information content (AvgIpc) is 3.65. The summed E-state index contributed by atoms with van der Waals surface area (Å²) in [5.41, 5.74) is 7.31. The molecule has 0 aliphatic heterocycles. The molecule has 0 saturated carbocycles. The molecule has 0 aliphatic rings. The number of carbonyl (C=O) groups excluding carboxylic acids is 8. The number of benzene rings is 2. The third-order valence-corrected chi connectivity index (χ3v) is 9.47. The Bertz CT molecular complexity index is 2060. The number of carboxylic acids is 1. The Hall–Kier alpha value is -6.87. The van der Waals surface area contributed by atoms with Crippen molar-refractivity contribution in [2.45, 2.75) is 70.7 Å². The van der Waals surface area contributed by atoms with E-state index in [9.17, 15) is 53.4 Å². The molecule has 0 unspecified atom stereocenters. The topological polar surface area (TPSA) is 332 Å². The maximum absolute atomic E-state index is 13.6. The Morgan fingerprint density at radius 1 is 0.581 bits per heavy atom. The van der Waals surface area contributed by atoms with E-state index in [0.717, 1.165) is 10.9 Å². The second-order valence-corrected chi connectivity index (χ2v) is 15.0. The van der Waals surface area contributed by atoms with Gasteiger partial charge in [-0.1, -0.05) is 76.2 Å². The summed E-state index contributed by atoms with van der Waals surface area (Å²) in [6, 6.07) is 9.43. The van der Waals surface area contributed by atoms with E-state index in [1.165, 1.54) is 0 Å². The Morgan fingerprint density at radius 3 is 1.76 bits per heavy atom. The highest BCUT2D eigenvalue weighted by Crippen LogP contribution is 2.19. The Kier molecular flexibility index (Phi) is 19.5. The van der Waals surface area contributed by atoms with Crippen molar-refractivity contribution in [2.75, 3.05) is 32.8 Å². The van der Waals surface area contributed by atoms with Gasteiger partial charge in [0.1, 0.15) is 30.2 Å². The number of rotatable bonds is 24. The van der Waals surface area contributed by atoms with Gasteiger partial charge in [0.2, 0.25) is 47.3 Å². The number of fused-ring (bicyclic) bond motifs is 1. The molecule has 1 heterocycles. The number of nitrogens with one attached hydrogen (secondary N) is 9. The summed E-state index contributed by atoms with van der Waals surface area (Å²) >= 11 is 0. The van der Waals surface area contributed by atoms with Crippen LogP contribution in [0.3, 0.4) is 0 Å². The lowest BCUT2D eigenvalue weighted by Gasteiger charge is -2.25. The van der Waals surface area contributed by atoms with Crippen LogP contribution in [0, 0.1) is 11.8 Å². The van der Waals surface area contributed by atoms with Gasteiger partial charge < -0.3 is 63.5 Å². The van der Waals surface area contributed by atoms with E-state index < -0.39 is 116 Å². The van der Waals surface area contributed by atoms with Gasteiger partial charge in [0.05, 0.1) is 32.8 Å². The molecule has 13 N–H and O–H groups in total. The van der Waals surface area contributed by atoms with Gasteiger partial charge in [-0.25, -0.2) is 4.79 Å². The second kappa shape index (κ2) is 24.4. The lowest BCUT2D eigenvalue weighted by atomic mass is 10.0. The minimum absolute atomic E-state index is 0.00212. The molecule has 3 rings (SSSR count). The first kappa shape index (κ1) is 49.5. The Morgan fingerprint density at radius 2 is 1.13 bits per heavy atom. The summed E-state index contributed by atoms with van der Waals surface area (Å²) in [4.78, 5) is 118. The SMILES string of the molecule is CC(C)[C@H](NC(=O)CN)C(=O)NCC(=O)NCC(=O)N[C@@H](CO)C(=O)N[C@@H](Cc1c[nH]c2ccccc12)C(=O)NCC(=O)N[C@H](C(=O)N[C@@H](Cc1ccccc1)C(=O)O)C(C)C. The Labute approximate surface area is 357 Å². The molecule has 336 valence electrons. The molecule has 21 heteroatoms. The van der Waals surface area contributed by atoms with Crippen molar-refractivity contribution in [1.82, 2.24) is 47.5 Å². The summed E-state index contributed by atoms with van der Waals surface area (Å²) in [7, 11) is 0. The van der Waals surface area contributed by atoms with Gasteiger partial charge in [-0.3, -0.25) is 38.4 Å². The van der Waals surface area contributed by atoms with E-state index in [1.54, 1.807) is 88.5 Å². The normalized spacial score (nSPS) is 13.4. The van der Waals surface area contributed by atoms with Crippen molar-refractivity contribution in [1.29, 1.82) is 0 Å². The molecule has 21 nitrogen and oxygen atoms in total. The third-order valence-electron chi connectivity index (χ3n) is 9.47. The zero-order chi connectivity index (χ0) is 45.9. The van der Waals surface area contributed by atoms with E-state index in [0.29, 0.717) is 11.1 Å². The second-order valence-electron chi connectivity index (χ2n) is 15.0. The fraction of sp³-hybridized carbons (Fsp3) is 0.439. The van der Waals surface area contributed by atoms with Crippen molar-refractivity contribution in [2.24, 2.45) is 17.6 Å². The molecule has 3 aromatic rings. The van der Waals surface area contributed by atoms with Crippen LogP contribution in [0.25, 0.3) is 10.9 Å². The van der Waals surface area contributed by atoms with E-state index in [4.69, 9.17) is 5.73 Å². The number of H-pyrrole nitrogens is 1. The number of carbonyl (C=O) groups is 9. The first-order chi connectivity index (χ1) is 29.4. The highest BCUT2D eigenvalue weighted by molar-refractivity contribution is 5.96. The van der Waals surface area contributed by atoms with Crippen LogP contribution in [-0.4, -0.2) is 131 Å². The van der Waals surface area contributed by atoms with Gasteiger partial charge in [0, 0.05) is 29.9 Å². The molecule has 2 aromatic carbocycles. The number of aliphatic carboxylic acids is 1. The highest BCUT2D eigenvalue weighted by atomic mass is 16.4. The predicted molar refractivity (Wildman–Crippen MR) is 224 cm³/mol. The first-order valence-electron chi connectivity index (χ1n) is 19.9. The van der Waals surface area contributed by atoms with Crippen LogP contribution in [0.2, 0.25) is 0 Å². The van der Waals surface area contributed by atoms with Crippen molar-refractivity contribution >= 4 is 64.1 Å². The number of para-hydroxylation sites is 1. The van der Waals surface area contributed by atoms with Crippen molar-refractivity contribution < 1.29 is 53.4 Å². The molecule has 8 amide bonds. The van der Waals surface area contributed by atoms with Crippen molar-refractivity contribution in [3.8, 4) is 0 Å². The summed E-state index contributed by atoms with van der Waals surface area (Å²) in [6.45, 7) is 3.53. The minimum Gasteiger partial charge on any atom is -0.480 e. The molecule has 1 aromatic heterocycles. The average molecular weight is 865 g/mol. The molecule has 62 heavy (non-hydrogen) atoms. The fourth-order valence-corrected chi connectivity index (χ4v) is 6.09. The molecule has 0 aliphatic carbocycles. The van der Waals surface area contributed by atoms with Crippen LogP contribution in [0.5, 0.6) is 0 Å². The van der Waals surface area contributed by atoms with Gasteiger partial charge >= 0.3 is 5.97 Å². The number of nitrogens with two attached hydrogens (primary N) is 1. The summed E-state index contributed by atoms with van der Waals surface area (Å²) in [5, 5.41) is 39.8. The minimum atomic E-state index is -1.60. The highest BCUT2D eigenvalue weighted by Gasteiger charge is 2.31. The molecular weight excluding hydrogens is 809 g/mol. The van der Waals surface area contributed by atoms with Crippen molar-refractivity contribution in [3.63, 3.8) is 0 Å². The summed E-state index contributed by atoms with van der Waals surface area (Å²) < 4.78 is 0. The number of aromatic amines is 1. The standard InChI is InChI=1S/C41H56N10O11/c1-22(2)35(50-31(53)16-42)39(59)46-18-32(54)44-19-33(55)47-30(21-52)38(58)48-28(15-25-17-43-27-13-9-8-12-26(25)27)37(57)45-20-34(56)51-36(23(3)4)40(60)49-29(41(61)62)14-24-10-6-5-7-11-24/h5-13,17,22-23,28-30,35-36,43,52H,14-16,18-21,42H2,1-4H3,(H,44,54)(H,45,57)(H,46,59)(H,47,55)(H,48,58)(H,49,60)(H,50,53)(H,51,56)(H,61,62)/t28-,29-,30-,35-,36-/m0/s1. The number of aliphatic hydroxyl groups excluding tert-OH is 1. The predicted octanol–water partition coefficient (Wildman–Crippen LogP) is -2.93. The number of carboxylic acid groups (broad SMARTS) is 1. The zero-order valence-corrected chi connectivity index (χ0v) is 34.9. The van der Waals surface area contributed by atoms with Crippen molar-refractivity contribution in [3.05, 3.63) is 71.9 Å². The third kappa shape index (κ3) is 15.6. The number of amides is 8. The largest absolute Gasteiger partial charge is 0.480 e. The van der Waals surface area contributed by atoms with E-state index in [-0.39, 0.29) is 25.3 Å². The van der Waals surface area contributed by atoms with Gasteiger partial charge in [-0.15, -0.1) is 0 Å². The molecule has 0 fully saturated rings. The van der Waals surface area contributed by atoms with E-state index >= 15 is 0 Å². The zero-order valence-electron chi connectivity index (χ0n) is 34.9. The fourth-order valence-electron chi connectivity index (χ4n) is 6.09. The van der Waals surface area contributed by atoms with E-state index in [2.05, 4.69) is 47.5 Å². The van der Waals surface area contributed by atoms with Crippen LogP contribution < -0.4 is 48.3 Å². The smallest absolute Gasteiger partial charge is 0.326 e. The molecule has 0 saturated heterocycles. The van der Waals surface area contributed by atoms with Crippen LogP contribution in [0.4, 0.5) is 0 Å².